The smallest absolute Gasteiger partial charge is 0.294 e. The zero-order chi connectivity index (χ0) is 29.5. The van der Waals surface area contributed by atoms with E-state index in [0.717, 1.165) is 16.0 Å². The summed E-state index contributed by atoms with van der Waals surface area (Å²) in [6, 6.07) is 15.7. The molecule has 2 N–H and O–H groups in total. The standard InChI is InChI=1S/C30H28FN3O6S/c1-4-39-25-14-20(6-12-24(25)40-17-28(36)33-23-9-5-18(2)19(3)13-23)15-26-29(37)34(30(38)41-26)16-27(35)32-22-10-7-21(31)8-11-22/h5-15H,4,16-17H2,1-3H3,(H,32,35)(H,33,36)/b26-15+. The summed E-state index contributed by atoms with van der Waals surface area (Å²) in [5.41, 5.74) is 3.75. The molecule has 1 fully saturated rings. The molecule has 0 aliphatic carbocycles. The highest BCUT2D eigenvalue weighted by molar-refractivity contribution is 8.18. The topological polar surface area (TPSA) is 114 Å². The Balaban J connectivity index is 1.40. The lowest BCUT2D eigenvalue weighted by Crippen LogP contribution is -2.36. The van der Waals surface area contributed by atoms with Crippen LogP contribution in [-0.4, -0.2) is 47.6 Å². The number of halogens is 1. The molecule has 0 atom stereocenters. The molecule has 4 amide bonds. The first-order valence-electron chi connectivity index (χ1n) is 12.7. The van der Waals surface area contributed by atoms with Crippen molar-refractivity contribution in [3.8, 4) is 11.5 Å². The molecule has 1 saturated heterocycles. The fraction of sp³-hybridized carbons (Fsp3) is 0.200. The van der Waals surface area contributed by atoms with E-state index in [1.807, 2.05) is 32.0 Å². The second-order valence-corrected chi connectivity index (χ2v) is 10.1. The summed E-state index contributed by atoms with van der Waals surface area (Å²) in [6.07, 6.45) is 1.52. The number of imide groups is 1. The van der Waals surface area contributed by atoms with Crippen LogP contribution in [0.5, 0.6) is 11.5 Å². The Morgan fingerprint density at radius 3 is 2.29 bits per heavy atom. The molecule has 0 saturated carbocycles. The molecule has 41 heavy (non-hydrogen) atoms. The number of hydrogen-bond donors (Lipinski definition) is 2. The largest absolute Gasteiger partial charge is 0.490 e. The van der Waals surface area contributed by atoms with Gasteiger partial charge in [-0.25, -0.2) is 4.39 Å². The van der Waals surface area contributed by atoms with Crippen LogP contribution >= 0.6 is 11.8 Å². The van der Waals surface area contributed by atoms with E-state index in [0.29, 0.717) is 46.8 Å². The fourth-order valence-electron chi connectivity index (χ4n) is 3.83. The number of nitrogens with zero attached hydrogens (tertiary/aromatic N) is 1. The number of hydrogen-bond acceptors (Lipinski definition) is 7. The fourth-order valence-corrected chi connectivity index (χ4v) is 4.66. The molecule has 0 radical (unpaired) electrons. The number of carbonyl (C=O) groups is 4. The second-order valence-electron chi connectivity index (χ2n) is 9.10. The minimum absolute atomic E-state index is 0.133. The molecule has 3 aromatic carbocycles. The molecule has 0 unspecified atom stereocenters. The minimum Gasteiger partial charge on any atom is -0.490 e. The van der Waals surface area contributed by atoms with Crippen molar-refractivity contribution < 1.29 is 33.0 Å². The van der Waals surface area contributed by atoms with Crippen molar-refractivity contribution in [1.82, 2.24) is 4.90 Å². The SMILES string of the molecule is CCOc1cc(/C=C2/SC(=O)N(CC(=O)Nc3ccc(F)cc3)C2=O)ccc1OCC(=O)Nc1ccc(C)c(C)c1. The average molecular weight is 578 g/mol. The summed E-state index contributed by atoms with van der Waals surface area (Å²) >= 11 is 0.711. The van der Waals surface area contributed by atoms with Crippen molar-refractivity contribution in [3.63, 3.8) is 0 Å². The van der Waals surface area contributed by atoms with E-state index in [4.69, 9.17) is 9.47 Å². The number of carbonyl (C=O) groups excluding carboxylic acids is 4. The van der Waals surface area contributed by atoms with Crippen LogP contribution in [0.4, 0.5) is 20.6 Å². The number of aryl methyl sites for hydroxylation is 2. The highest BCUT2D eigenvalue weighted by atomic mass is 32.2. The van der Waals surface area contributed by atoms with Gasteiger partial charge in [0, 0.05) is 11.4 Å². The highest BCUT2D eigenvalue weighted by Gasteiger charge is 2.36. The predicted octanol–water partition coefficient (Wildman–Crippen LogP) is 5.53. The van der Waals surface area contributed by atoms with Gasteiger partial charge in [0.15, 0.2) is 18.1 Å². The van der Waals surface area contributed by atoms with Gasteiger partial charge in [0.2, 0.25) is 5.91 Å². The van der Waals surface area contributed by atoms with Gasteiger partial charge in [0.1, 0.15) is 12.4 Å². The van der Waals surface area contributed by atoms with Gasteiger partial charge in [-0.05, 0) is 104 Å². The van der Waals surface area contributed by atoms with Crippen molar-refractivity contribution in [2.45, 2.75) is 20.8 Å². The van der Waals surface area contributed by atoms with Gasteiger partial charge in [-0.1, -0.05) is 12.1 Å². The van der Waals surface area contributed by atoms with Gasteiger partial charge in [-0.3, -0.25) is 24.1 Å². The summed E-state index contributed by atoms with van der Waals surface area (Å²) in [5.74, 6) is -1.30. The van der Waals surface area contributed by atoms with Crippen LogP contribution in [0.15, 0.2) is 65.6 Å². The minimum atomic E-state index is -0.615. The lowest BCUT2D eigenvalue weighted by Gasteiger charge is -2.13. The van der Waals surface area contributed by atoms with Gasteiger partial charge in [0.05, 0.1) is 11.5 Å². The van der Waals surface area contributed by atoms with E-state index in [2.05, 4.69) is 10.6 Å². The molecule has 1 aliphatic heterocycles. The van der Waals surface area contributed by atoms with Crippen molar-refractivity contribution in [2.75, 3.05) is 30.4 Å². The molecule has 4 rings (SSSR count). The molecule has 212 valence electrons. The molecule has 1 heterocycles. The Morgan fingerprint density at radius 1 is 0.878 bits per heavy atom. The maximum absolute atomic E-state index is 13.1. The molecule has 0 aromatic heterocycles. The Hall–Kier alpha value is -4.64. The van der Waals surface area contributed by atoms with Crippen LogP contribution in [0.3, 0.4) is 0 Å². The number of anilines is 2. The van der Waals surface area contributed by atoms with E-state index < -0.39 is 29.4 Å². The maximum atomic E-state index is 13.1. The maximum Gasteiger partial charge on any atom is 0.294 e. The van der Waals surface area contributed by atoms with Crippen LogP contribution in [0.2, 0.25) is 0 Å². The van der Waals surface area contributed by atoms with E-state index in [1.165, 1.54) is 30.3 Å². The lowest BCUT2D eigenvalue weighted by molar-refractivity contribution is -0.127. The van der Waals surface area contributed by atoms with E-state index in [-0.39, 0.29) is 17.4 Å². The monoisotopic (exact) mass is 577 g/mol. The predicted molar refractivity (Wildman–Crippen MR) is 155 cm³/mol. The van der Waals surface area contributed by atoms with Crippen molar-refractivity contribution in [3.05, 3.63) is 88.1 Å². The number of benzene rings is 3. The third kappa shape index (κ3) is 7.73. The molecule has 9 nitrogen and oxygen atoms in total. The van der Waals surface area contributed by atoms with E-state index >= 15 is 0 Å². The molecular formula is C30H28FN3O6S. The third-order valence-electron chi connectivity index (χ3n) is 6.02. The summed E-state index contributed by atoms with van der Waals surface area (Å²) in [7, 11) is 0. The molecule has 11 heteroatoms. The van der Waals surface area contributed by atoms with Crippen LogP contribution in [0.25, 0.3) is 6.08 Å². The third-order valence-corrected chi connectivity index (χ3v) is 6.93. The van der Waals surface area contributed by atoms with Crippen LogP contribution < -0.4 is 20.1 Å². The average Bonchev–Trinajstić information content (AvgIpc) is 3.19. The van der Waals surface area contributed by atoms with Gasteiger partial charge in [-0.2, -0.15) is 0 Å². The second kappa shape index (κ2) is 13.1. The summed E-state index contributed by atoms with van der Waals surface area (Å²) in [6.45, 7) is 5.35. The number of rotatable bonds is 10. The van der Waals surface area contributed by atoms with Gasteiger partial charge in [0.25, 0.3) is 17.1 Å². The van der Waals surface area contributed by atoms with Crippen molar-refractivity contribution in [2.24, 2.45) is 0 Å². The Labute approximate surface area is 240 Å². The van der Waals surface area contributed by atoms with Crippen molar-refractivity contribution >= 4 is 52.2 Å². The molecule has 3 aromatic rings. The molecule has 0 spiro atoms. The molecule has 1 aliphatic rings. The van der Waals surface area contributed by atoms with Crippen LogP contribution in [0, 0.1) is 19.7 Å². The van der Waals surface area contributed by atoms with Crippen LogP contribution in [-0.2, 0) is 14.4 Å². The number of ether oxygens (including phenoxy) is 2. The highest BCUT2D eigenvalue weighted by Crippen LogP contribution is 2.34. The zero-order valence-corrected chi connectivity index (χ0v) is 23.5. The van der Waals surface area contributed by atoms with Gasteiger partial charge in [-0.15, -0.1) is 0 Å². The summed E-state index contributed by atoms with van der Waals surface area (Å²) < 4.78 is 24.5. The van der Waals surface area contributed by atoms with E-state index in [9.17, 15) is 23.6 Å². The van der Waals surface area contributed by atoms with Gasteiger partial charge >= 0.3 is 0 Å². The van der Waals surface area contributed by atoms with Gasteiger partial charge < -0.3 is 20.1 Å². The first-order valence-corrected chi connectivity index (χ1v) is 13.5. The summed E-state index contributed by atoms with van der Waals surface area (Å²) in [4.78, 5) is 51.1. The lowest BCUT2D eigenvalue weighted by atomic mass is 10.1. The van der Waals surface area contributed by atoms with E-state index in [1.54, 1.807) is 25.1 Å². The van der Waals surface area contributed by atoms with Crippen molar-refractivity contribution in [1.29, 1.82) is 0 Å². The van der Waals surface area contributed by atoms with Crippen LogP contribution in [0.1, 0.15) is 23.6 Å². The number of nitrogens with one attached hydrogen (secondary N) is 2. The Bertz CT molecular complexity index is 1520. The molecular weight excluding hydrogens is 549 g/mol. The number of thioether (sulfide) groups is 1. The molecule has 0 bridgehead atoms. The Morgan fingerprint density at radius 2 is 1.59 bits per heavy atom. The number of amides is 4. The normalized spacial score (nSPS) is 13.9. The first kappa shape index (κ1) is 29.3. The summed E-state index contributed by atoms with van der Waals surface area (Å²) in [5, 5.41) is 4.74. The quantitative estimate of drug-likeness (QED) is 0.305. The Kier molecular flexibility index (Phi) is 9.41. The zero-order valence-electron chi connectivity index (χ0n) is 22.7. The first-order chi connectivity index (χ1) is 19.6.